The van der Waals surface area contributed by atoms with E-state index in [4.69, 9.17) is 10.5 Å². The standard InChI is InChI=1S/C18H23FN4O4/c1-4-7-23-16(20)15(17(25)21-18(23)26)13(24)10-22(2)9-11-5-6-14(27-3)12(19)8-11/h5-6,8H,4,7,9-10,20H2,1-3H3,(H,21,25,26). The van der Waals surface area contributed by atoms with Crippen LogP contribution in [0.25, 0.3) is 0 Å². The summed E-state index contributed by atoms with van der Waals surface area (Å²) >= 11 is 0. The Balaban J connectivity index is 2.19. The van der Waals surface area contributed by atoms with Gasteiger partial charge in [-0.2, -0.15) is 0 Å². The topological polar surface area (TPSA) is 110 Å². The largest absolute Gasteiger partial charge is 0.494 e. The number of hydrogen-bond acceptors (Lipinski definition) is 6. The molecular weight excluding hydrogens is 355 g/mol. The number of methoxy groups -OCH3 is 1. The van der Waals surface area contributed by atoms with Crippen LogP contribution in [0.1, 0.15) is 29.3 Å². The Kier molecular flexibility index (Phi) is 6.51. The van der Waals surface area contributed by atoms with Gasteiger partial charge in [0.1, 0.15) is 11.4 Å². The second-order valence-electron chi connectivity index (χ2n) is 6.24. The third kappa shape index (κ3) is 4.62. The maximum atomic E-state index is 13.8. The molecule has 0 atom stereocenters. The molecule has 0 bridgehead atoms. The fourth-order valence-corrected chi connectivity index (χ4v) is 2.80. The molecule has 0 fully saturated rings. The lowest BCUT2D eigenvalue weighted by atomic mass is 10.1. The highest BCUT2D eigenvalue weighted by Gasteiger charge is 2.20. The summed E-state index contributed by atoms with van der Waals surface area (Å²) in [4.78, 5) is 40.2. The van der Waals surface area contributed by atoms with Crippen LogP contribution in [-0.2, 0) is 13.1 Å². The van der Waals surface area contributed by atoms with Crippen LogP contribution in [0, 0.1) is 5.82 Å². The van der Waals surface area contributed by atoms with Crippen molar-refractivity contribution in [2.75, 3.05) is 26.4 Å². The number of aromatic amines is 1. The van der Waals surface area contributed by atoms with Crippen molar-refractivity contribution in [1.29, 1.82) is 0 Å². The maximum Gasteiger partial charge on any atom is 0.329 e. The maximum absolute atomic E-state index is 13.8. The highest BCUT2D eigenvalue weighted by atomic mass is 19.1. The number of Topliss-reactive ketones (excluding diaryl/α,β-unsaturated/α-hetero) is 1. The Labute approximate surface area is 155 Å². The molecule has 2 aromatic rings. The Morgan fingerprint density at radius 2 is 2.07 bits per heavy atom. The SMILES string of the molecule is CCCn1c(N)c(C(=O)CN(C)Cc2ccc(OC)c(F)c2)c(=O)[nH]c1=O. The van der Waals surface area contributed by atoms with Crippen LogP contribution in [0.4, 0.5) is 10.2 Å². The number of nitrogens with one attached hydrogen (secondary N) is 1. The third-order valence-electron chi connectivity index (χ3n) is 4.05. The van der Waals surface area contributed by atoms with Gasteiger partial charge in [-0.1, -0.05) is 13.0 Å². The van der Waals surface area contributed by atoms with Crippen LogP contribution in [0.2, 0.25) is 0 Å². The van der Waals surface area contributed by atoms with Gasteiger partial charge < -0.3 is 10.5 Å². The summed E-state index contributed by atoms with van der Waals surface area (Å²) in [5.74, 6) is -1.02. The van der Waals surface area contributed by atoms with Gasteiger partial charge >= 0.3 is 5.69 Å². The number of benzene rings is 1. The number of H-pyrrole nitrogens is 1. The molecule has 0 amide bonds. The van der Waals surface area contributed by atoms with E-state index in [9.17, 15) is 18.8 Å². The van der Waals surface area contributed by atoms with Crippen LogP contribution in [-0.4, -0.2) is 40.9 Å². The van der Waals surface area contributed by atoms with E-state index in [0.717, 1.165) is 0 Å². The monoisotopic (exact) mass is 378 g/mol. The van der Waals surface area contributed by atoms with Gasteiger partial charge in [0.2, 0.25) is 0 Å². The summed E-state index contributed by atoms with van der Waals surface area (Å²) in [6.45, 7) is 2.30. The highest BCUT2D eigenvalue weighted by molar-refractivity contribution is 6.01. The Morgan fingerprint density at radius 1 is 1.37 bits per heavy atom. The van der Waals surface area contributed by atoms with Crippen LogP contribution >= 0.6 is 0 Å². The second-order valence-corrected chi connectivity index (χ2v) is 6.24. The zero-order valence-electron chi connectivity index (χ0n) is 15.5. The predicted octanol–water partition coefficient (Wildman–Crippen LogP) is 0.991. The number of likely N-dealkylation sites (N-methyl/N-ethyl adjacent to an activating group) is 1. The minimum atomic E-state index is -0.807. The molecule has 0 aliphatic heterocycles. The van der Waals surface area contributed by atoms with Gasteiger partial charge in [0.15, 0.2) is 17.3 Å². The van der Waals surface area contributed by atoms with Crippen molar-refractivity contribution in [3.8, 4) is 5.75 Å². The van der Waals surface area contributed by atoms with Crippen LogP contribution in [0.3, 0.4) is 0 Å². The number of hydrogen-bond donors (Lipinski definition) is 2. The van der Waals surface area contributed by atoms with Gasteiger partial charge in [0.25, 0.3) is 5.56 Å². The average molecular weight is 378 g/mol. The van der Waals surface area contributed by atoms with Crippen LogP contribution in [0.5, 0.6) is 5.75 Å². The average Bonchev–Trinajstić information content (AvgIpc) is 2.58. The summed E-state index contributed by atoms with van der Waals surface area (Å²) in [6, 6.07) is 4.51. The molecule has 0 radical (unpaired) electrons. The van der Waals surface area contributed by atoms with Crippen molar-refractivity contribution >= 4 is 11.6 Å². The van der Waals surface area contributed by atoms with Crippen molar-refractivity contribution in [2.45, 2.75) is 26.4 Å². The summed E-state index contributed by atoms with van der Waals surface area (Å²) in [5, 5.41) is 0. The molecule has 0 aliphatic rings. The first-order valence-electron chi connectivity index (χ1n) is 8.45. The number of nitrogens with two attached hydrogens (primary N) is 1. The van der Waals surface area contributed by atoms with Crippen molar-refractivity contribution in [2.24, 2.45) is 0 Å². The zero-order chi connectivity index (χ0) is 20.1. The smallest absolute Gasteiger partial charge is 0.329 e. The van der Waals surface area contributed by atoms with E-state index in [1.54, 1.807) is 18.0 Å². The molecule has 27 heavy (non-hydrogen) atoms. The molecule has 3 N–H and O–H groups in total. The number of aromatic nitrogens is 2. The van der Waals surface area contributed by atoms with E-state index in [2.05, 4.69) is 4.98 Å². The number of rotatable bonds is 8. The first kappa shape index (κ1) is 20.4. The normalized spacial score (nSPS) is 11.0. The van der Waals surface area contributed by atoms with E-state index in [-0.39, 0.29) is 30.2 Å². The molecule has 8 nitrogen and oxygen atoms in total. The van der Waals surface area contributed by atoms with E-state index >= 15 is 0 Å². The van der Waals surface area contributed by atoms with Gasteiger partial charge in [-0.15, -0.1) is 0 Å². The lowest BCUT2D eigenvalue weighted by molar-refractivity contribution is 0.0941. The fourth-order valence-electron chi connectivity index (χ4n) is 2.80. The number of nitrogens with zero attached hydrogens (tertiary/aromatic N) is 2. The van der Waals surface area contributed by atoms with Gasteiger partial charge in [-0.05, 0) is 31.2 Å². The number of ether oxygens (including phenoxy) is 1. The van der Waals surface area contributed by atoms with E-state index in [1.165, 1.54) is 23.8 Å². The third-order valence-corrected chi connectivity index (χ3v) is 4.05. The number of anilines is 1. The molecular formula is C18H23FN4O4. The summed E-state index contributed by atoms with van der Waals surface area (Å²) < 4.78 is 19.8. The number of nitrogen functional groups attached to an aromatic ring is 1. The summed E-state index contributed by atoms with van der Waals surface area (Å²) in [7, 11) is 3.04. The van der Waals surface area contributed by atoms with Crippen molar-refractivity contribution in [3.05, 3.63) is 56.0 Å². The van der Waals surface area contributed by atoms with Gasteiger partial charge in [0, 0.05) is 13.1 Å². The Hall–Kier alpha value is -2.94. The fraction of sp³-hybridized carbons (Fsp3) is 0.389. The number of ketones is 1. The van der Waals surface area contributed by atoms with Crippen LogP contribution in [0.15, 0.2) is 27.8 Å². The van der Waals surface area contributed by atoms with Crippen molar-refractivity contribution in [1.82, 2.24) is 14.5 Å². The second kappa shape index (κ2) is 8.63. The summed E-state index contributed by atoms with van der Waals surface area (Å²) in [6.07, 6.45) is 0.618. The minimum Gasteiger partial charge on any atom is -0.494 e. The quantitative estimate of drug-likeness (QED) is 0.663. The molecule has 1 aromatic heterocycles. The van der Waals surface area contributed by atoms with E-state index < -0.39 is 22.8 Å². The molecule has 0 spiro atoms. The molecule has 1 aromatic carbocycles. The van der Waals surface area contributed by atoms with E-state index in [1.807, 2.05) is 6.92 Å². The summed E-state index contributed by atoms with van der Waals surface area (Å²) in [5.41, 5.74) is 4.84. The molecule has 146 valence electrons. The number of halogens is 1. The van der Waals surface area contributed by atoms with Gasteiger partial charge in [-0.3, -0.25) is 24.0 Å². The van der Waals surface area contributed by atoms with Gasteiger partial charge in [-0.25, -0.2) is 9.18 Å². The molecule has 2 rings (SSSR count). The molecule has 9 heteroatoms. The van der Waals surface area contributed by atoms with Crippen LogP contribution < -0.4 is 21.7 Å². The Morgan fingerprint density at radius 3 is 2.67 bits per heavy atom. The highest BCUT2D eigenvalue weighted by Crippen LogP contribution is 2.18. The lowest BCUT2D eigenvalue weighted by Gasteiger charge is -2.17. The molecule has 1 heterocycles. The number of carbonyl (C=O) groups is 1. The Bertz CT molecular complexity index is 951. The van der Waals surface area contributed by atoms with Crippen molar-refractivity contribution < 1.29 is 13.9 Å². The predicted molar refractivity (Wildman–Crippen MR) is 99.6 cm³/mol. The molecule has 0 unspecified atom stereocenters. The van der Waals surface area contributed by atoms with E-state index in [0.29, 0.717) is 18.5 Å². The molecule has 0 saturated carbocycles. The van der Waals surface area contributed by atoms with Gasteiger partial charge in [0.05, 0.1) is 13.7 Å². The minimum absolute atomic E-state index is 0.120. The molecule has 0 aliphatic carbocycles. The molecule has 0 saturated heterocycles. The number of carbonyl (C=O) groups excluding carboxylic acids is 1. The first-order valence-corrected chi connectivity index (χ1v) is 8.45. The zero-order valence-corrected chi connectivity index (χ0v) is 15.5. The van der Waals surface area contributed by atoms with Crippen molar-refractivity contribution in [3.63, 3.8) is 0 Å². The first-order chi connectivity index (χ1) is 12.8. The lowest BCUT2D eigenvalue weighted by Crippen LogP contribution is -2.38.